The molecule has 0 spiro atoms. The van der Waals surface area contributed by atoms with Gasteiger partial charge in [0.15, 0.2) is 0 Å². The van der Waals surface area contributed by atoms with Crippen LogP contribution in [0, 0.1) is 0 Å². The molecular formula is C16H23NiP-6. The summed E-state index contributed by atoms with van der Waals surface area (Å²) in [5.41, 5.74) is 0. The van der Waals surface area contributed by atoms with E-state index < -0.39 is 0 Å². The van der Waals surface area contributed by atoms with Crippen LogP contribution >= 0.6 is 7.92 Å². The molecule has 0 unspecified atom stereocenters. The minimum absolute atomic E-state index is 0. The Labute approximate surface area is 123 Å². The molecule has 0 saturated carbocycles. The fourth-order valence-corrected chi connectivity index (χ4v) is 4.22. The smallest absolute Gasteiger partial charge is 0 e. The van der Waals surface area contributed by atoms with Crippen LogP contribution in [0.1, 0.15) is 26.7 Å². The van der Waals surface area contributed by atoms with Crippen LogP contribution in [-0.2, 0) is 16.5 Å². The van der Waals surface area contributed by atoms with Crippen molar-refractivity contribution in [2.45, 2.75) is 26.7 Å². The Morgan fingerprint density at radius 3 is 1.56 bits per heavy atom. The van der Waals surface area contributed by atoms with Crippen molar-refractivity contribution in [1.82, 2.24) is 0 Å². The zero-order valence-corrected chi connectivity index (χ0v) is 13.2. The predicted octanol–water partition coefficient (Wildman–Crippen LogP) is 4.74. The molecule has 0 aliphatic carbocycles. The fourth-order valence-electron chi connectivity index (χ4n) is 1.81. The summed E-state index contributed by atoms with van der Waals surface area (Å²) >= 11 is 0. The summed E-state index contributed by atoms with van der Waals surface area (Å²) in [6.45, 7) is 4.57. The van der Waals surface area contributed by atoms with Gasteiger partial charge in [-0.3, -0.25) is 0 Å². The van der Waals surface area contributed by atoms with Crippen LogP contribution in [0.4, 0.5) is 0 Å². The molecule has 2 heteroatoms. The molecule has 0 saturated heterocycles. The Hall–Kier alpha value is -0.376. The third-order valence-corrected chi connectivity index (χ3v) is 5.56. The molecule has 108 valence electrons. The van der Waals surface area contributed by atoms with Gasteiger partial charge in [0.25, 0.3) is 0 Å². The summed E-state index contributed by atoms with van der Waals surface area (Å²) in [6.07, 6.45) is 5.48. The van der Waals surface area contributed by atoms with Crippen LogP contribution in [0.5, 0.6) is 0 Å². The van der Waals surface area contributed by atoms with Crippen molar-refractivity contribution in [1.29, 1.82) is 0 Å². The molecule has 2 aromatic carbocycles. The van der Waals surface area contributed by atoms with Crippen LogP contribution < -0.4 is 5.30 Å². The largest absolute Gasteiger partial charge is 0.748 e. The first kappa shape index (κ1) is 17.6. The van der Waals surface area contributed by atoms with Gasteiger partial charge in [0.2, 0.25) is 0 Å². The molecule has 0 radical (unpaired) electrons. The summed E-state index contributed by atoms with van der Waals surface area (Å²) in [4.78, 5) is 0. The number of hydrogen-bond donors (Lipinski definition) is 0. The number of hydrogen-bond acceptors (Lipinski definition) is 0. The summed E-state index contributed by atoms with van der Waals surface area (Å²) in [6, 6.07) is 18.9. The maximum absolute atomic E-state index is 2.29. The van der Waals surface area contributed by atoms with E-state index in [1.807, 2.05) is 30.3 Å². The quantitative estimate of drug-likeness (QED) is 0.425. The molecular weight excluding hydrogens is 282 g/mol. The van der Waals surface area contributed by atoms with Crippen molar-refractivity contribution < 1.29 is 16.5 Å². The third-order valence-electron chi connectivity index (χ3n) is 2.55. The summed E-state index contributed by atoms with van der Waals surface area (Å²) in [5, 5.41) is 1.61. The average Bonchev–Trinajstić information content (AvgIpc) is 3.05. The molecule has 18 heavy (non-hydrogen) atoms. The van der Waals surface area contributed by atoms with Crippen molar-refractivity contribution in [2.75, 3.05) is 12.3 Å². The van der Waals surface area contributed by atoms with Crippen LogP contribution in [-0.4, -0.2) is 12.3 Å². The molecule has 2 aromatic rings. The Kier molecular flexibility index (Phi) is 11.5. The van der Waals surface area contributed by atoms with Crippen LogP contribution in [0.2, 0.25) is 0 Å². The Morgan fingerprint density at radius 1 is 0.833 bits per heavy atom. The van der Waals surface area contributed by atoms with Crippen molar-refractivity contribution >= 4 is 13.2 Å². The van der Waals surface area contributed by atoms with Crippen molar-refractivity contribution in [3.63, 3.8) is 0 Å². The molecule has 0 nitrogen and oxygen atoms in total. The van der Waals surface area contributed by atoms with Gasteiger partial charge in [-0.15, -0.1) is 13.2 Å². The molecule has 0 N–H and O–H groups in total. The normalized spacial score (nSPS) is 9.50. The average molecular weight is 305 g/mol. The Morgan fingerprint density at radius 2 is 1.22 bits per heavy atom. The SMILES string of the molecule is CCCP(CCC)[c-]1cccc1.[Ni].[cH-]1[cH-][cH-][cH-][cH-]1. The zero-order valence-electron chi connectivity index (χ0n) is 11.3. The van der Waals surface area contributed by atoms with Gasteiger partial charge < -0.3 is 30.3 Å². The third kappa shape index (κ3) is 7.15. The van der Waals surface area contributed by atoms with Crippen LogP contribution in [0.15, 0.2) is 54.6 Å². The summed E-state index contributed by atoms with van der Waals surface area (Å²) in [7, 11) is 0.181. The van der Waals surface area contributed by atoms with Gasteiger partial charge in [-0.1, -0.05) is 26.7 Å². The fraction of sp³-hybridized carbons (Fsp3) is 0.375. The van der Waals surface area contributed by atoms with Crippen LogP contribution in [0.3, 0.4) is 0 Å². The van der Waals surface area contributed by atoms with E-state index in [2.05, 4.69) is 38.1 Å². The van der Waals surface area contributed by atoms with Gasteiger partial charge in [0.05, 0.1) is 0 Å². The standard InChI is InChI=1S/C11H18P.C5H5.Ni/c1-3-9-12(10-4-2)11-7-5-6-8-11;1-2-4-5-3-1;/h5-8H,3-4,9-10H2,1-2H3;1-5H;/q-1;-5;. The van der Waals surface area contributed by atoms with E-state index in [4.69, 9.17) is 0 Å². The van der Waals surface area contributed by atoms with Crippen molar-refractivity contribution in [3.8, 4) is 0 Å². The van der Waals surface area contributed by atoms with E-state index in [1.54, 1.807) is 5.30 Å². The Balaban J connectivity index is 0.000000405. The van der Waals surface area contributed by atoms with E-state index in [-0.39, 0.29) is 24.4 Å². The maximum atomic E-state index is 2.29. The van der Waals surface area contributed by atoms with Gasteiger partial charge in [-0.2, -0.15) is 12.1 Å². The monoisotopic (exact) mass is 304 g/mol. The van der Waals surface area contributed by atoms with Gasteiger partial charge in [-0.05, 0) is 12.3 Å². The zero-order chi connectivity index (χ0) is 12.3. The second-order valence-corrected chi connectivity index (χ2v) is 6.58. The van der Waals surface area contributed by atoms with Crippen LogP contribution in [0.25, 0.3) is 0 Å². The summed E-state index contributed by atoms with van der Waals surface area (Å²) < 4.78 is 0. The molecule has 0 aliphatic heterocycles. The van der Waals surface area contributed by atoms with E-state index in [1.165, 1.54) is 25.2 Å². The molecule has 0 aromatic heterocycles. The summed E-state index contributed by atoms with van der Waals surface area (Å²) in [5.74, 6) is 0. The predicted molar refractivity (Wildman–Crippen MR) is 80.9 cm³/mol. The minimum Gasteiger partial charge on any atom is -0.748 e. The molecule has 0 heterocycles. The van der Waals surface area contributed by atoms with E-state index in [9.17, 15) is 0 Å². The molecule has 0 bridgehead atoms. The van der Waals surface area contributed by atoms with Gasteiger partial charge in [0, 0.05) is 16.5 Å². The molecule has 2 rings (SSSR count). The second kappa shape index (κ2) is 11.7. The van der Waals surface area contributed by atoms with E-state index in [0.717, 1.165) is 0 Å². The van der Waals surface area contributed by atoms with Crippen molar-refractivity contribution in [3.05, 3.63) is 54.6 Å². The minimum atomic E-state index is 0. The Bertz CT molecular complexity index is 314. The van der Waals surface area contributed by atoms with Gasteiger partial charge in [-0.25, -0.2) is 12.1 Å². The second-order valence-electron chi connectivity index (χ2n) is 4.09. The van der Waals surface area contributed by atoms with E-state index in [0.29, 0.717) is 0 Å². The van der Waals surface area contributed by atoms with Crippen molar-refractivity contribution in [2.24, 2.45) is 0 Å². The molecule has 0 atom stereocenters. The van der Waals surface area contributed by atoms with E-state index >= 15 is 0 Å². The molecule has 0 aliphatic rings. The van der Waals surface area contributed by atoms with Gasteiger partial charge in [0.1, 0.15) is 0 Å². The first-order valence-corrected chi connectivity index (χ1v) is 8.23. The maximum Gasteiger partial charge on any atom is 0 e. The van der Waals surface area contributed by atoms with Gasteiger partial charge >= 0.3 is 0 Å². The first-order valence-electron chi connectivity index (χ1n) is 6.51. The molecule has 0 amide bonds. The topological polar surface area (TPSA) is 0 Å². The number of rotatable bonds is 5. The first-order chi connectivity index (χ1) is 8.38. The molecule has 0 fully saturated rings.